The van der Waals surface area contributed by atoms with Crippen LogP contribution in [0, 0.1) is 11.6 Å². The zero-order valence-electron chi connectivity index (χ0n) is 15.5. The van der Waals surface area contributed by atoms with E-state index in [2.05, 4.69) is 21.1 Å². The van der Waals surface area contributed by atoms with E-state index in [0.717, 1.165) is 0 Å². The van der Waals surface area contributed by atoms with Gasteiger partial charge in [0.1, 0.15) is 11.6 Å². The lowest BCUT2D eigenvalue weighted by Gasteiger charge is -2.03. The zero-order valence-corrected chi connectivity index (χ0v) is 15.5. The fourth-order valence-corrected chi connectivity index (χ4v) is 2.33. The molecular formula is C22H16F2N4O2. The quantitative estimate of drug-likeness (QED) is 0.485. The molecule has 0 heterocycles. The molecule has 0 fully saturated rings. The molecule has 0 aliphatic carbocycles. The highest BCUT2D eigenvalue weighted by Gasteiger charge is 2.08. The molecule has 0 aliphatic rings. The van der Waals surface area contributed by atoms with Gasteiger partial charge in [0.25, 0.3) is 11.8 Å². The molecule has 0 bridgehead atoms. The molecule has 3 aromatic carbocycles. The number of nitrogens with one attached hydrogen (secondary N) is 2. The predicted molar refractivity (Wildman–Crippen MR) is 109 cm³/mol. The number of nitrogens with zero attached hydrogens (tertiary/aromatic N) is 2. The number of halogens is 2. The van der Waals surface area contributed by atoms with Crippen molar-refractivity contribution in [2.45, 2.75) is 0 Å². The van der Waals surface area contributed by atoms with E-state index in [1.807, 2.05) is 0 Å². The third-order valence-corrected chi connectivity index (χ3v) is 3.91. The molecule has 6 nitrogen and oxygen atoms in total. The first-order valence-electron chi connectivity index (χ1n) is 8.79. The number of hydrazone groups is 2. The molecule has 150 valence electrons. The molecule has 3 rings (SSSR count). The smallest absolute Gasteiger partial charge is 0.267 e. The summed E-state index contributed by atoms with van der Waals surface area (Å²) in [6, 6.07) is 17.1. The number of carbonyl (C=O) groups excluding carboxylic acids is 2. The average Bonchev–Trinajstić information content (AvgIpc) is 2.76. The second kappa shape index (κ2) is 9.83. The highest BCUT2D eigenvalue weighted by atomic mass is 19.1. The Labute approximate surface area is 170 Å². The molecule has 0 unspecified atom stereocenters. The minimum absolute atomic E-state index is 0.303. The standard InChI is InChI=1S/C22H16F2N4O2/c23-19-9-1-15(2-10-19)13-25-27-21(29)17-5-7-18(8-6-17)22(30)28-26-14-16-3-11-20(24)12-4-16/h1-14H,(H,27,29)(H,28,30). The van der Waals surface area contributed by atoms with Crippen LogP contribution in [0.25, 0.3) is 0 Å². The summed E-state index contributed by atoms with van der Waals surface area (Å²) in [5.74, 6) is -1.65. The second-order valence-electron chi connectivity index (χ2n) is 6.08. The van der Waals surface area contributed by atoms with Crippen LogP contribution in [0.5, 0.6) is 0 Å². The average molecular weight is 406 g/mol. The van der Waals surface area contributed by atoms with E-state index in [4.69, 9.17) is 0 Å². The molecule has 30 heavy (non-hydrogen) atoms. The van der Waals surface area contributed by atoms with E-state index in [1.54, 1.807) is 0 Å². The van der Waals surface area contributed by atoms with Crippen LogP contribution < -0.4 is 10.9 Å². The van der Waals surface area contributed by atoms with E-state index >= 15 is 0 Å². The summed E-state index contributed by atoms with van der Waals surface area (Å²) in [7, 11) is 0. The molecule has 2 amide bonds. The van der Waals surface area contributed by atoms with Crippen LogP contribution in [0.15, 0.2) is 83.0 Å². The van der Waals surface area contributed by atoms with Crippen molar-refractivity contribution in [3.63, 3.8) is 0 Å². The Hall–Kier alpha value is -4.20. The third-order valence-electron chi connectivity index (χ3n) is 3.91. The largest absolute Gasteiger partial charge is 0.271 e. The molecule has 0 aromatic heterocycles. The molecule has 8 heteroatoms. The molecular weight excluding hydrogens is 390 g/mol. The molecule has 0 aliphatic heterocycles. The minimum atomic E-state index is -0.463. The molecule has 0 atom stereocenters. The maximum atomic E-state index is 12.8. The highest BCUT2D eigenvalue weighted by Crippen LogP contribution is 2.05. The Morgan fingerprint density at radius 1 is 0.600 bits per heavy atom. The van der Waals surface area contributed by atoms with Crippen LogP contribution in [0.3, 0.4) is 0 Å². The minimum Gasteiger partial charge on any atom is -0.267 e. The Bertz CT molecular complexity index is 989. The van der Waals surface area contributed by atoms with E-state index in [9.17, 15) is 18.4 Å². The topological polar surface area (TPSA) is 82.9 Å². The summed E-state index contributed by atoms with van der Waals surface area (Å²) in [5, 5.41) is 7.62. The van der Waals surface area contributed by atoms with Crippen LogP contribution in [-0.4, -0.2) is 24.2 Å². The third kappa shape index (κ3) is 5.90. The van der Waals surface area contributed by atoms with E-state index in [0.29, 0.717) is 22.3 Å². The first-order valence-corrected chi connectivity index (χ1v) is 8.79. The van der Waals surface area contributed by atoms with Gasteiger partial charge < -0.3 is 0 Å². The summed E-state index contributed by atoms with van der Waals surface area (Å²) in [4.78, 5) is 24.2. The fraction of sp³-hybridized carbons (Fsp3) is 0. The van der Waals surface area contributed by atoms with Crippen LogP contribution >= 0.6 is 0 Å². The van der Waals surface area contributed by atoms with Gasteiger partial charge in [0.05, 0.1) is 12.4 Å². The van der Waals surface area contributed by atoms with Gasteiger partial charge in [-0.2, -0.15) is 10.2 Å². The van der Waals surface area contributed by atoms with E-state index in [1.165, 1.54) is 85.2 Å². The van der Waals surface area contributed by atoms with Crippen molar-refractivity contribution < 1.29 is 18.4 Å². The summed E-state index contributed by atoms with van der Waals surface area (Å²) in [5.41, 5.74) is 6.57. The van der Waals surface area contributed by atoms with E-state index < -0.39 is 11.8 Å². The van der Waals surface area contributed by atoms with Gasteiger partial charge in [0.2, 0.25) is 0 Å². The second-order valence-corrected chi connectivity index (χ2v) is 6.08. The van der Waals surface area contributed by atoms with Gasteiger partial charge in [-0.25, -0.2) is 19.6 Å². The Morgan fingerprint density at radius 3 is 1.27 bits per heavy atom. The molecule has 2 N–H and O–H groups in total. The molecule has 0 spiro atoms. The van der Waals surface area contributed by atoms with Crippen molar-refractivity contribution in [2.75, 3.05) is 0 Å². The van der Waals surface area contributed by atoms with Crippen molar-refractivity contribution in [3.05, 3.63) is 107 Å². The zero-order chi connectivity index (χ0) is 21.3. The number of carbonyl (C=O) groups is 2. The van der Waals surface area contributed by atoms with Crippen molar-refractivity contribution in [1.82, 2.24) is 10.9 Å². The lowest BCUT2D eigenvalue weighted by atomic mass is 10.1. The van der Waals surface area contributed by atoms with E-state index in [-0.39, 0.29) is 11.6 Å². The van der Waals surface area contributed by atoms with Crippen molar-refractivity contribution in [2.24, 2.45) is 10.2 Å². The number of hydrogen-bond donors (Lipinski definition) is 2. The van der Waals surface area contributed by atoms with Gasteiger partial charge >= 0.3 is 0 Å². The predicted octanol–water partition coefficient (Wildman–Crippen LogP) is 3.49. The monoisotopic (exact) mass is 406 g/mol. The first-order chi connectivity index (χ1) is 14.5. The summed E-state index contributed by atoms with van der Waals surface area (Å²) in [6.45, 7) is 0. The number of benzene rings is 3. The van der Waals surface area contributed by atoms with Gasteiger partial charge in [-0.1, -0.05) is 24.3 Å². The maximum Gasteiger partial charge on any atom is 0.271 e. The number of rotatable bonds is 6. The van der Waals surface area contributed by atoms with Gasteiger partial charge in [0, 0.05) is 11.1 Å². The van der Waals surface area contributed by atoms with Gasteiger partial charge in [0.15, 0.2) is 0 Å². The first kappa shape index (κ1) is 20.5. The fourth-order valence-electron chi connectivity index (χ4n) is 2.33. The summed E-state index contributed by atoms with van der Waals surface area (Å²) >= 11 is 0. The molecule has 0 saturated carbocycles. The van der Waals surface area contributed by atoms with Crippen LogP contribution in [-0.2, 0) is 0 Å². The lowest BCUT2D eigenvalue weighted by molar-refractivity contribution is 0.0943. The number of amides is 2. The SMILES string of the molecule is O=C(NN=Cc1ccc(F)cc1)c1ccc(C(=O)NN=Cc2ccc(F)cc2)cc1. The van der Waals surface area contributed by atoms with Gasteiger partial charge in [-0.05, 0) is 59.7 Å². The number of hydrogen-bond acceptors (Lipinski definition) is 4. The van der Waals surface area contributed by atoms with Crippen LogP contribution in [0.2, 0.25) is 0 Å². The van der Waals surface area contributed by atoms with Crippen molar-refractivity contribution in [3.8, 4) is 0 Å². The van der Waals surface area contributed by atoms with Crippen molar-refractivity contribution >= 4 is 24.2 Å². The molecule has 0 radical (unpaired) electrons. The Morgan fingerprint density at radius 2 is 0.933 bits per heavy atom. The van der Waals surface area contributed by atoms with Gasteiger partial charge in [-0.3, -0.25) is 9.59 Å². The van der Waals surface area contributed by atoms with Crippen molar-refractivity contribution in [1.29, 1.82) is 0 Å². The maximum absolute atomic E-state index is 12.8. The molecule has 3 aromatic rings. The van der Waals surface area contributed by atoms with Gasteiger partial charge in [-0.15, -0.1) is 0 Å². The summed E-state index contributed by atoms with van der Waals surface area (Å²) < 4.78 is 25.7. The lowest BCUT2D eigenvalue weighted by Crippen LogP contribution is -2.19. The highest BCUT2D eigenvalue weighted by molar-refractivity contribution is 5.98. The van der Waals surface area contributed by atoms with Crippen LogP contribution in [0.1, 0.15) is 31.8 Å². The Kier molecular flexibility index (Phi) is 6.73. The van der Waals surface area contributed by atoms with Crippen LogP contribution in [0.4, 0.5) is 8.78 Å². The Balaban J connectivity index is 1.53. The summed E-state index contributed by atoms with van der Waals surface area (Å²) in [6.07, 6.45) is 2.77. The molecule has 0 saturated heterocycles. The normalized spacial score (nSPS) is 11.0.